The summed E-state index contributed by atoms with van der Waals surface area (Å²) in [5, 5.41) is 0. The van der Waals surface area contributed by atoms with Gasteiger partial charge >= 0.3 is 0 Å². The van der Waals surface area contributed by atoms with Gasteiger partial charge in [-0.15, -0.1) is 0 Å². The Balaban J connectivity index is 2.15. The quantitative estimate of drug-likeness (QED) is 0.713. The van der Waals surface area contributed by atoms with Crippen molar-refractivity contribution >= 4 is 5.91 Å². The van der Waals surface area contributed by atoms with Crippen LogP contribution in [0, 0.1) is 5.92 Å². The number of nitrogens with zero attached hydrogens (tertiary/aromatic N) is 1. The van der Waals surface area contributed by atoms with Crippen LogP contribution in [0.15, 0.2) is 30.3 Å². The fourth-order valence-corrected chi connectivity index (χ4v) is 2.41. The standard InChI is InChI=1S/C14H19NO/c1-10(2)13-9-14(16)15(13)11(3)12-7-5-4-6-8-12/h4-8,10-11,13H,9H2,1-3H3/t11-,13+/m0/s1. The summed E-state index contributed by atoms with van der Waals surface area (Å²) >= 11 is 0. The SMILES string of the molecule is CC(C)[C@H]1CC(=O)N1[C@@H](C)c1ccccc1. The third-order valence-electron chi connectivity index (χ3n) is 3.50. The molecule has 0 radical (unpaired) electrons. The van der Waals surface area contributed by atoms with E-state index in [9.17, 15) is 4.79 Å². The highest BCUT2D eigenvalue weighted by Crippen LogP contribution is 2.34. The molecule has 0 unspecified atom stereocenters. The van der Waals surface area contributed by atoms with Crippen LogP contribution in [0.4, 0.5) is 0 Å². The minimum atomic E-state index is 0.204. The van der Waals surface area contributed by atoms with Crippen LogP contribution in [0.1, 0.15) is 38.8 Å². The zero-order valence-corrected chi connectivity index (χ0v) is 10.2. The average molecular weight is 217 g/mol. The van der Waals surface area contributed by atoms with Crippen LogP contribution in [0.3, 0.4) is 0 Å². The summed E-state index contributed by atoms with van der Waals surface area (Å²) in [7, 11) is 0. The first-order valence-corrected chi connectivity index (χ1v) is 5.97. The number of hydrogen-bond acceptors (Lipinski definition) is 1. The second-order valence-electron chi connectivity index (χ2n) is 4.90. The first kappa shape index (κ1) is 11.2. The third kappa shape index (κ3) is 1.84. The smallest absolute Gasteiger partial charge is 0.225 e. The summed E-state index contributed by atoms with van der Waals surface area (Å²) < 4.78 is 0. The van der Waals surface area contributed by atoms with Crippen LogP contribution in [-0.4, -0.2) is 16.8 Å². The molecule has 1 aromatic carbocycles. The van der Waals surface area contributed by atoms with Crippen LogP contribution in [-0.2, 0) is 4.79 Å². The summed E-state index contributed by atoms with van der Waals surface area (Å²) in [4.78, 5) is 13.7. The van der Waals surface area contributed by atoms with E-state index in [-0.39, 0.29) is 11.9 Å². The number of likely N-dealkylation sites (tertiary alicyclic amines) is 1. The fourth-order valence-electron chi connectivity index (χ4n) is 2.41. The molecule has 2 nitrogen and oxygen atoms in total. The molecule has 0 bridgehead atoms. The number of β-lactam (4-membered cyclic amide) rings is 1. The number of rotatable bonds is 3. The van der Waals surface area contributed by atoms with Crippen molar-refractivity contribution in [1.82, 2.24) is 4.90 Å². The summed E-state index contributed by atoms with van der Waals surface area (Å²) in [5.74, 6) is 0.832. The van der Waals surface area contributed by atoms with Crippen molar-refractivity contribution < 1.29 is 4.79 Å². The highest BCUT2D eigenvalue weighted by molar-refractivity contribution is 5.83. The topological polar surface area (TPSA) is 20.3 Å². The van der Waals surface area contributed by atoms with Gasteiger partial charge in [-0.3, -0.25) is 4.79 Å². The van der Waals surface area contributed by atoms with E-state index in [0.29, 0.717) is 12.0 Å². The van der Waals surface area contributed by atoms with E-state index in [2.05, 4.69) is 32.9 Å². The molecule has 1 amide bonds. The molecule has 0 saturated carbocycles. The Labute approximate surface area is 97.3 Å². The maximum absolute atomic E-state index is 11.7. The Bertz CT molecular complexity index is 372. The van der Waals surface area contributed by atoms with Gasteiger partial charge in [-0.05, 0) is 18.4 Å². The van der Waals surface area contributed by atoms with Crippen molar-refractivity contribution in [3.05, 3.63) is 35.9 Å². The molecule has 2 rings (SSSR count). The molecule has 1 aliphatic rings. The van der Waals surface area contributed by atoms with Gasteiger partial charge in [-0.2, -0.15) is 0 Å². The van der Waals surface area contributed by atoms with E-state index in [1.165, 1.54) is 5.56 Å². The van der Waals surface area contributed by atoms with Gasteiger partial charge in [0.25, 0.3) is 0 Å². The normalized spacial score (nSPS) is 22.1. The van der Waals surface area contributed by atoms with Gasteiger partial charge in [0.05, 0.1) is 6.04 Å². The minimum Gasteiger partial charge on any atom is -0.332 e. The van der Waals surface area contributed by atoms with Crippen LogP contribution < -0.4 is 0 Å². The first-order valence-electron chi connectivity index (χ1n) is 5.97. The third-order valence-corrected chi connectivity index (χ3v) is 3.50. The van der Waals surface area contributed by atoms with Gasteiger partial charge in [0, 0.05) is 12.5 Å². The lowest BCUT2D eigenvalue weighted by molar-refractivity contribution is -0.152. The molecule has 1 saturated heterocycles. The molecule has 2 atom stereocenters. The van der Waals surface area contributed by atoms with Gasteiger partial charge in [-0.25, -0.2) is 0 Å². The molecule has 2 heteroatoms. The Kier molecular flexibility index (Phi) is 2.99. The van der Waals surface area contributed by atoms with Crippen molar-refractivity contribution in [2.24, 2.45) is 5.92 Å². The molecule has 0 spiro atoms. The maximum atomic E-state index is 11.7. The number of carbonyl (C=O) groups is 1. The monoisotopic (exact) mass is 217 g/mol. The summed E-state index contributed by atoms with van der Waals surface area (Å²) in [6, 6.07) is 10.9. The molecule has 1 fully saturated rings. The Morgan fingerprint density at radius 1 is 1.19 bits per heavy atom. The summed E-state index contributed by atoms with van der Waals surface area (Å²) in [6.07, 6.45) is 0.717. The van der Waals surface area contributed by atoms with Crippen LogP contribution in [0.5, 0.6) is 0 Å². The Morgan fingerprint density at radius 2 is 1.81 bits per heavy atom. The Morgan fingerprint density at radius 3 is 2.31 bits per heavy atom. The Hall–Kier alpha value is -1.31. The van der Waals surface area contributed by atoms with Crippen LogP contribution in [0.2, 0.25) is 0 Å². The van der Waals surface area contributed by atoms with E-state index >= 15 is 0 Å². The van der Waals surface area contributed by atoms with E-state index in [0.717, 1.165) is 6.42 Å². The maximum Gasteiger partial charge on any atom is 0.225 e. The molecule has 1 aliphatic heterocycles. The zero-order valence-electron chi connectivity index (χ0n) is 10.2. The van der Waals surface area contributed by atoms with Gasteiger partial charge in [0.1, 0.15) is 0 Å². The van der Waals surface area contributed by atoms with Crippen LogP contribution >= 0.6 is 0 Å². The minimum absolute atomic E-state index is 0.204. The summed E-state index contributed by atoms with van der Waals surface area (Å²) in [5.41, 5.74) is 1.22. The second-order valence-corrected chi connectivity index (χ2v) is 4.90. The number of amides is 1. The van der Waals surface area contributed by atoms with Crippen molar-refractivity contribution in [3.8, 4) is 0 Å². The van der Waals surface area contributed by atoms with Gasteiger partial charge in [0.2, 0.25) is 5.91 Å². The highest BCUT2D eigenvalue weighted by Gasteiger charge is 2.40. The highest BCUT2D eigenvalue weighted by atomic mass is 16.2. The molecule has 0 N–H and O–H groups in total. The fraction of sp³-hybridized carbons (Fsp3) is 0.500. The molecule has 1 heterocycles. The number of benzene rings is 1. The molecule has 86 valence electrons. The predicted molar refractivity (Wildman–Crippen MR) is 64.9 cm³/mol. The van der Waals surface area contributed by atoms with E-state index in [1.807, 2.05) is 23.1 Å². The van der Waals surface area contributed by atoms with Gasteiger partial charge < -0.3 is 4.90 Å². The van der Waals surface area contributed by atoms with E-state index in [4.69, 9.17) is 0 Å². The lowest BCUT2D eigenvalue weighted by atomic mass is 9.88. The lowest BCUT2D eigenvalue weighted by Crippen LogP contribution is -2.55. The van der Waals surface area contributed by atoms with E-state index in [1.54, 1.807) is 0 Å². The van der Waals surface area contributed by atoms with Crippen LogP contribution in [0.25, 0.3) is 0 Å². The second kappa shape index (κ2) is 4.28. The number of carbonyl (C=O) groups excluding carboxylic acids is 1. The lowest BCUT2D eigenvalue weighted by Gasteiger charge is -2.47. The zero-order chi connectivity index (χ0) is 11.7. The van der Waals surface area contributed by atoms with Gasteiger partial charge in [0.15, 0.2) is 0 Å². The van der Waals surface area contributed by atoms with E-state index < -0.39 is 0 Å². The molecule has 0 aromatic heterocycles. The molecule has 0 aliphatic carbocycles. The number of hydrogen-bond donors (Lipinski definition) is 0. The molecule has 16 heavy (non-hydrogen) atoms. The molecule has 1 aromatic rings. The largest absolute Gasteiger partial charge is 0.332 e. The average Bonchev–Trinajstić information content (AvgIpc) is 2.26. The van der Waals surface area contributed by atoms with Crippen molar-refractivity contribution in [3.63, 3.8) is 0 Å². The van der Waals surface area contributed by atoms with Crippen molar-refractivity contribution in [2.45, 2.75) is 39.3 Å². The molecular formula is C14H19NO. The first-order chi connectivity index (χ1) is 7.61. The van der Waals surface area contributed by atoms with Gasteiger partial charge in [-0.1, -0.05) is 44.2 Å². The predicted octanol–water partition coefficient (Wildman–Crippen LogP) is 3.00. The van der Waals surface area contributed by atoms with Crippen molar-refractivity contribution in [2.75, 3.05) is 0 Å². The van der Waals surface area contributed by atoms with Crippen molar-refractivity contribution in [1.29, 1.82) is 0 Å². The molecular weight excluding hydrogens is 198 g/mol. The summed E-state index contributed by atoms with van der Waals surface area (Å²) in [6.45, 7) is 6.48.